The summed E-state index contributed by atoms with van der Waals surface area (Å²) in [5, 5.41) is 2.88. The third-order valence-electron chi connectivity index (χ3n) is 2.55. The minimum absolute atomic E-state index is 0.0265. The van der Waals surface area contributed by atoms with Gasteiger partial charge in [0.2, 0.25) is 5.91 Å². The molecule has 0 aromatic heterocycles. The highest BCUT2D eigenvalue weighted by atomic mass is 19.1. The lowest BCUT2D eigenvalue weighted by atomic mass is 10.1. The second-order valence-electron chi connectivity index (χ2n) is 4.01. The third-order valence-corrected chi connectivity index (χ3v) is 2.55. The third kappa shape index (κ3) is 4.43. The van der Waals surface area contributed by atoms with Crippen molar-refractivity contribution in [2.24, 2.45) is 0 Å². The van der Waals surface area contributed by atoms with Gasteiger partial charge in [-0.25, -0.2) is 4.39 Å². The van der Waals surface area contributed by atoms with Gasteiger partial charge in [-0.3, -0.25) is 4.79 Å². The molecule has 0 radical (unpaired) electrons. The molecule has 16 heavy (non-hydrogen) atoms. The molecule has 0 heterocycles. The van der Waals surface area contributed by atoms with Crippen LogP contribution in [-0.2, 0) is 11.2 Å². The van der Waals surface area contributed by atoms with Gasteiger partial charge in [-0.2, -0.15) is 0 Å². The number of halogens is 1. The SMILES string of the molecule is CCC(C)NC(=O)CCc1cccc(F)c1. The molecule has 0 fully saturated rings. The van der Waals surface area contributed by atoms with E-state index in [2.05, 4.69) is 5.32 Å². The lowest BCUT2D eigenvalue weighted by Crippen LogP contribution is -2.31. The number of hydrogen-bond acceptors (Lipinski definition) is 1. The molecule has 1 unspecified atom stereocenters. The number of aryl methyl sites for hydroxylation is 1. The first-order chi connectivity index (χ1) is 7.61. The molecule has 1 aromatic carbocycles. The van der Waals surface area contributed by atoms with Crippen molar-refractivity contribution in [3.05, 3.63) is 35.6 Å². The molecule has 88 valence electrons. The van der Waals surface area contributed by atoms with Crippen LogP contribution in [0.4, 0.5) is 4.39 Å². The van der Waals surface area contributed by atoms with Crippen molar-refractivity contribution in [3.63, 3.8) is 0 Å². The van der Waals surface area contributed by atoms with Crippen molar-refractivity contribution in [2.45, 2.75) is 39.2 Å². The molecule has 1 aromatic rings. The molecule has 0 saturated heterocycles. The summed E-state index contributed by atoms with van der Waals surface area (Å²) < 4.78 is 12.9. The van der Waals surface area contributed by atoms with Crippen molar-refractivity contribution < 1.29 is 9.18 Å². The Hall–Kier alpha value is -1.38. The average molecular weight is 223 g/mol. The normalized spacial score (nSPS) is 12.2. The fourth-order valence-corrected chi connectivity index (χ4v) is 1.40. The molecule has 0 bridgehead atoms. The summed E-state index contributed by atoms with van der Waals surface area (Å²) in [6.45, 7) is 4.00. The summed E-state index contributed by atoms with van der Waals surface area (Å²) in [6.07, 6.45) is 1.92. The van der Waals surface area contributed by atoms with Crippen molar-refractivity contribution in [3.8, 4) is 0 Å². The van der Waals surface area contributed by atoms with Gasteiger partial charge in [0.05, 0.1) is 0 Å². The van der Waals surface area contributed by atoms with E-state index in [0.29, 0.717) is 12.8 Å². The lowest BCUT2D eigenvalue weighted by Gasteiger charge is -2.11. The van der Waals surface area contributed by atoms with Gasteiger partial charge in [0.1, 0.15) is 5.82 Å². The van der Waals surface area contributed by atoms with Gasteiger partial charge in [-0.1, -0.05) is 19.1 Å². The Morgan fingerprint density at radius 1 is 1.50 bits per heavy atom. The monoisotopic (exact) mass is 223 g/mol. The zero-order valence-electron chi connectivity index (χ0n) is 9.79. The Labute approximate surface area is 95.9 Å². The van der Waals surface area contributed by atoms with Crippen LogP contribution in [-0.4, -0.2) is 11.9 Å². The molecule has 1 rings (SSSR count). The molecule has 1 atom stereocenters. The van der Waals surface area contributed by atoms with Crippen molar-refractivity contribution in [2.75, 3.05) is 0 Å². The zero-order chi connectivity index (χ0) is 12.0. The van der Waals surface area contributed by atoms with Crippen LogP contribution in [0.2, 0.25) is 0 Å². The number of rotatable bonds is 5. The molecule has 0 spiro atoms. The first kappa shape index (κ1) is 12.7. The number of amides is 1. The minimum atomic E-state index is -0.250. The summed E-state index contributed by atoms with van der Waals surface area (Å²) in [6, 6.07) is 6.58. The molecule has 2 nitrogen and oxygen atoms in total. The van der Waals surface area contributed by atoms with E-state index in [9.17, 15) is 9.18 Å². The Morgan fingerprint density at radius 3 is 2.88 bits per heavy atom. The van der Waals surface area contributed by atoms with E-state index in [4.69, 9.17) is 0 Å². The van der Waals surface area contributed by atoms with Gasteiger partial charge < -0.3 is 5.32 Å². The van der Waals surface area contributed by atoms with Crippen LogP contribution in [0, 0.1) is 5.82 Å². The predicted octanol–water partition coefficient (Wildman–Crippen LogP) is 2.67. The standard InChI is InChI=1S/C13H18FNO/c1-3-10(2)15-13(16)8-7-11-5-4-6-12(14)9-11/h4-6,9-10H,3,7-8H2,1-2H3,(H,15,16). The van der Waals surface area contributed by atoms with E-state index < -0.39 is 0 Å². The summed E-state index contributed by atoms with van der Waals surface area (Å²) in [7, 11) is 0. The van der Waals surface area contributed by atoms with E-state index in [0.717, 1.165) is 12.0 Å². The number of hydrogen-bond donors (Lipinski definition) is 1. The number of benzene rings is 1. The Bertz CT molecular complexity index is 352. The molecular formula is C13H18FNO. The van der Waals surface area contributed by atoms with E-state index in [1.807, 2.05) is 19.9 Å². The number of nitrogens with one attached hydrogen (secondary N) is 1. The van der Waals surface area contributed by atoms with Gasteiger partial charge in [0, 0.05) is 12.5 Å². The van der Waals surface area contributed by atoms with Crippen LogP contribution in [0.5, 0.6) is 0 Å². The van der Waals surface area contributed by atoms with Crippen LogP contribution in [0.1, 0.15) is 32.3 Å². The van der Waals surface area contributed by atoms with Crippen LogP contribution in [0.15, 0.2) is 24.3 Å². The van der Waals surface area contributed by atoms with E-state index in [1.165, 1.54) is 12.1 Å². The molecule has 1 amide bonds. The van der Waals surface area contributed by atoms with Crippen LogP contribution >= 0.6 is 0 Å². The predicted molar refractivity (Wildman–Crippen MR) is 62.6 cm³/mol. The topological polar surface area (TPSA) is 29.1 Å². The minimum Gasteiger partial charge on any atom is -0.354 e. The van der Waals surface area contributed by atoms with Crippen LogP contribution in [0.3, 0.4) is 0 Å². The van der Waals surface area contributed by atoms with E-state index in [-0.39, 0.29) is 17.8 Å². The molecular weight excluding hydrogens is 205 g/mol. The highest BCUT2D eigenvalue weighted by molar-refractivity contribution is 5.76. The van der Waals surface area contributed by atoms with Crippen LogP contribution < -0.4 is 5.32 Å². The van der Waals surface area contributed by atoms with Gasteiger partial charge in [-0.05, 0) is 37.5 Å². The molecule has 0 aliphatic carbocycles. The maximum Gasteiger partial charge on any atom is 0.220 e. The summed E-state index contributed by atoms with van der Waals surface area (Å²) in [5.41, 5.74) is 0.860. The smallest absolute Gasteiger partial charge is 0.220 e. The Morgan fingerprint density at radius 2 is 2.25 bits per heavy atom. The largest absolute Gasteiger partial charge is 0.354 e. The lowest BCUT2D eigenvalue weighted by molar-refractivity contribution is -0.121. The highest BCUT2D eigenvalue weighted by Gasteiger charge is 2.05. The number of carbonyl (C=O) groups excluding carboxylic acids is 1. The van der Waals surface area contributed by atoms with Gasteiger partial charge in [0.25, 0.3) is 0 Å². The van der Waals surface area contributed by atoms with E-state index in [1.54, 1.807) is 6.07 Å². The van der Waals surface area contributed by atoms with Crippen molar-refractivity contribution in [1.29, 1.82) is 0 Å². The molecule has 0 aliphatic rings. The van der Waals surface area contributed by atoms with Gasteiger partial charge in [-0.15, -0.1) is 0 Å². The first-order valence-corrected chi connectivity index (χ1v) is 5.65. The van der Waals surface area contributed by atoms with Crippen molar-refractivity contribution in [1.82, 2.24) is 5.32 Å². The second-order valence-corrected chi connectivity index (χ2v) is 4.01. The fraction of sp³-hybridized carbons (Fsp3) is 0.462. The molecule has 0 aliphatic heterocycles. The fourth-order valence-electron chi connectivity index (χ4n) is 1.40. The summed E-state index contributed by atoms with van der Waals surface area (Å²) in [5.74, 6) is -0.224. The molecule has 1 N–H and O–H groups in total. The quantitative estimate of drug-likeness (QED) is 0.817. The first-order valence-electron chi connectivity index (χ1n) is 5.65. The highest BCUT2D eigenvalue weighted by Crippen LogP contribution is 2.06. The van der Waals surface area contributed by atoms with Crippen LogP contribution in [0.25, 0.3) is 0 Å². The average Bonchev–Trinajstić information content (AvgIpc) is 2.26. The van der Waals surface area contributed by atoms with E-state index >= 15 is 0 Å². The van der Waals surface area contributed by atoms with Crippen molar-refractivity contribution >= 4 is 5.91 Å². The number of carbonyl (C=O) groups is 1. The molecule has 3 heteroatoms. The van der Waals surface area contributed by atoms with Gasteiger partial charge >= 0.3 is 0 Å². The van der Waals surface area contributed by atoms with Gasteiger partial charge in [0.15, 0.2) is 0 Å². The molecule has 0 saturated carbocycles. The Balaban J connectivity index is 2.37. The summed E-state index contributed by atoms with van der Waals surface area (Å²) in [4.78, 5) is 11.5. The maximum absolute atomic E-state index is 12.9. The zero-order valence-corrected chi connectivity index (χ0v) is 9.79. The Kier molecular flexibility index (Phi) is 4.96. The second kappa shape index (κ2) is 6.26. The summed E-state index contributed by atoms with van der Waals surface area (Å²) >= 11 is 0. The maximum atomic E-state index is 12.9.